The third kappa shape index (κ3) is 3.91. The quantitative estimate of drug-likeness (QED) is 0.902. The number of hydrogen-bond donors (Lipinski definition) is 1. The number of rotatable bonds is 5. The summed E-state index contributed by atoms with van der Waals surface area (Å²) in [6.07, 6.45) is 7.53. The molecule has 3 rings (SSSR count). The van der Waals surface area contributed by atoms with Gasteiger partial charge in [0.15, 0.2) is 5.69 Å². The van der Waals surface area contributed by atoms with Gasteiger partial charge in [-0.2, -0.15) is 5.10 Å². The van der Waals surface area contributed by atoms with Crippen LogP contribution in [-0.4, -0.2) is 22.2 Å². The second kappa shape index (κ2) is 7.81. The molecule has 1 saturated carbocycles. The van der Waals surface area contributed by atoms with Gasteiger partial charge < -0.3 is 5.32 Å². The second-order valence-electron chi connectivity index (χ2n) is 7.29. The maximum atomic E-state index is 12.7. The molecular formula is C20H27N3O2. The first kappa shape index (κ1) is 17.6. The van der Waals surface area contributed by atoms with Crippen molar-refractivity contribution in [3.05, 3.63) is 40.3 Å². The number of fused-ring (bicyclic) bond motifs is 1. The first-order valence-corrected chi connectivity index (χ1v) is 9.37. The van der Waals surface area contributed by atoms with Gasteiger partial charge in [-0.15, -0.1) is 0 Å². The van der Waals surface area contributed by atoms with E-state index in [1.807, 2.05) is 26.0 Å². The van der Waals surface area contributed by atoms with Gasteiger partial charge in [0.25, 0.3) is 11.5 Å². The predicted octanol–water partition coefficient (Wildman–Crippen LogP) is 3.68. The van der Waals surface area contributed by atoms with Crippen molar-refractivity contribution in [3.63, 3.8) is 0 Å². The van der Waals surface area contributed by atoms with E-state index in [0.29, 0.717) is 23.0 Å². The molecule has 1 aliphatic carbocycles. The van der Waals surface area contributed by atoms with E-state index in [-0.39, 0.29) is 17.5 Å². The monoisotopic (exact) mass is 341 g/mol. The molecule has 0 saturated heterocycles. The van der Waals surface area contributed by atoms with E-state index in [9.17, 15) is 9.59 Å². The Labute approximate surface area is 148 Å². The van der Waals surface area contributed by atoms with Gasteiger partial charge in [-0.1, -0.05) is 50.3 Å². The van der Waals surface area contributed by atoms with Crippen LogP contribution < -0.4 is 10.9 Å². The lowest BCUT2D eigenvalue weighted by Crippen LogP contribution is -2.32. The molecule has 0 bridgehead atoms. The minimum absolute atomic E-state index is 0.0918. The average molecular weight is 341 g/mol. The Morgan fingerprint density at radius 3 is 2.56 bits per heavy atom. The van der Waals surface area contributed by atoms with Crippen LogP contribution in [-0.2, 0) is 0 Å². The van der Waals surface area contributed by atoms with Crippen LogP contribution in [0.5, 0.6) is 0 Å². The van der Waals surface area contributed by atoms with Crippen LogP contribution in [0.2, 0.25) is 0 Å². The van der Waals surface area contributed by atoms with Crippen LogP contribution in [0, 0.1) is 5.92 Å². The number of carbonyl (C=O) groups is 1. The molecule has 1 aliphatic rings. The predicted molar refractivity (Wildman–Crippen MR) is 99.9 cm³/mol. The van der Waals surface area contributed by atoms with Gasteiger partial charge in [0.2, 0.25) is 0 Å². The zero-order valence-corrected chi connectivity index (χ0v) is 15.1. The van der Waals surface area contributed by atoms with Crippen molar-refractivity contribution < 1.29 is 4.79 Å². The fraction of sp³-hybridized carbons (Fsp3) is 0.550. The Kier molecular flexibility index (Phi) is 5.51. The summed E-state index contributed by atoms with van der Waals surface area (Å²) in [6, 6.07) is 7.12. The summed E-state index contributed by atoms with van der Waals surface area (Å²) in [5, 5.41) is 8.53. The largest absolute Gasteiger partial charge is 0.351 e. The highest BCUT2D eigenvalue weighted by Crippen LogP contribution is 2.25. The lowest BCUT2D eigenvalue weighted by Gasteiger charge is -2.21. The first-order valence-electron chi connectivity index (χ1n) is 9.37. The topological polar surface area (TPSA) is 64.0 Å². The lowest BCUT2D eigenvalue weighted by atomic mass is 9.87. The summed E-state index contributed by atoms with van der Waals surface area (Å²) in [5.74, 6) is 0.532. The van der Waals surface area contributed by atoms with Gasteiger partial charge in [0.05, 0.1) is 11.4 Å². The molecule has 5 heteroatoms. The van der Waals surface area contributed by atoms with Crippen molar-refractivity contribution >= 4 is 16.7 Å². The SMILES string of the molecule is CC(C)n1nc(C(=O)NCCC2CCCCC2)c2ccccc2c1=O. The van der Waals surface area contributed by atoms with Crippen molar-refractivity contribution in [3.8, 4) is 0 Å². The molecule has 1 aromatic carbocycles. The zero-order valence-electron chi connectivity index (χ0n) is 15.1. The van der Waals surface area contributed by atoms with Gasteiger partial charge in [-0.25, -0.2) is 4.68 Å². The number of nitrogens with one attached hydrogen (secondary N) is 1. The van der Waals surface area contributed by atoms with E-state index < -0.39 is 0 Å². The molecule has 0 spiro atoms. The van der Waals surface area contributed by atoms with Crippen molar-refractivity contribution in [2.24, 2.45) is 5.92 Å². The summed E-state index contributed by atoms with van der Waals surface area (Å²) in [5.41, 5.74) is 0.192. The van der Waals surface area contributed by atoms with Crippen molar-refractivity contribution in [1.29, 1.82) is 0 Å². The Morgan fingerprint density at radius 2 is 1.88 bits per heavy atom. The highest BCUT2D eigenvalue weighted by atomic mass is 16.2. The van der Waals surface area contributed by atoms with E-state index in [0.717, 1.165) is 12.3 Å². The minimum Gasteiger partial charge on any atom is -0.351 e. The highest BCUT2D eigenvalue weighted by Gasteiger charge is 2.18. The molecule has 0 radical (unpaired) electrons. The van der Waals surface area contributed by atoms with Crippen LogP contribution in [0.3, 0.4) is 0 Å². The number of nitrogens with zero attached hydrogens (tertiary/aromatic N) is 2. The summed E-state index contributed by atoms with van der Waals surface area (Å²) >= 11 is 0. The van der Waals surface area contributed by atoms with Crippen LogP contribution in [0.25, 0.3) is 10.8 Å². The Morgan fingerprint density at radius 1 is 1.20 bits per heavy atom. The molecule has 1 fully saturated rings. The fourth-order valence-corrected chi connectivity index (χ4v) is 3.67. The third-order valence-electron chi connectivity index (χ3n) is 5.10. The summed E-state index contributed by atoms with van der Waals surface area (Å²) in [6.45, 7) is 4.46. The molecule has 0 atom stereocenters. The van der Waals surface area contributed by atoms with E-state index in [1.54, 1.807) is 12.1 Å². The average Bonchev–Trinajstić information content (AvgIpc) is 2.62. The highest BCUT2D eigenvalue weighted by molar-refractivity contribution is 6.04. The van der Waals surface area contributed by atoms with E-state index in [2.05, 4.69) is 10.4 Å². The van der Waals surface area contributed by atoms with Crippen molar-refractivity contribution in [2.75, 3.05) is 6.54 Å². The molecule has 1 amide bonds. The van der Waals surface area contributed by atoms with Gasteiger partial charge in [0.1, 0.15) is 0 Å². The summed E-state index contributed by atoms with van der Waals surface area (Å²) in [7, 11) is 0. The third-order valence-corrected chi connectivity index (χ3v) is 5.10. The number of aromatic nitrogens is 2. The number of hydrogen-bond acceptors (Lipinski definition) is 3. The molecule has 1 heterocycles. The van der Waals surface area contributed by atoms with Crippen molar-refractivity contribution in [1.82, 2.24) is 15.1 Å². The van der Waals surface area contributed by atoms with Gasteiger partial charge >= 0.3 is 0 Å². The lowest BCUT2D eigenvalue weighted by molar-refractivity contribution is 0.0944. The zero-order chi connectivity index (χ0) is 17.8. The molecular weight excluding hydrogens is 314 g/mol. The number of carbonyl (C=O) groups excluding carboxylic acids is 1. The van der Waals surface area contributed by atoms with E-state index in [4.69, 9.17) is 0 Å². The molecule has 0 unspecified atom stereocenters. The number of amides is 1. The smallest absolute Gasteiger partial charge is 0.274 e. The van der Waals surface area contributed by atoms with Gasteiger partial charge in [-0.3, -0.25) is 9.59 Å². The Hall–Kier alpha value is -2.17. The summed E-state index contributed by atoms with van der Waals surface area (Å²) in [4.78, 5) is 25.2. The van der Waals surface area contributed by atoms with E-state index >= 15 is 0 Å². The molecule has 25 heavy (non-hydrogen) atoms. The fourth-order valence-electron chi connectivity index (χ4n) is 3.67. The maximum Gasteiger partial charge on any atom is 0.274 e. The van der Waals surface area contributed by atoms with E-state index in [1.165, 1.54) is 36.8 Å². The first-order chi connectivity index (χ1) is 12.1. The minimum atomic E-state index is -0.193. The molecule has 2 aromatic rings. The van der Waals surface area contributed by atoms with Crippen LogP contribution in [0.4, 0.5) is 0 Å². The Balaban J connectivity index is 1.80. The number of benzene rings is 1. The van der Waals surface area contributed by atoms with Crippen LogP contribution >= 0.6 is 0 Å². The Bertz CT molecular complexity index is 804. The molecule has 5 nitrogen and oxygen atoms in total. The molecule has 1 aromatic heterocycles. The summed E-state index contributed by atoms with van der Waals surface area (Å²) < 4.78 is 1.40. The van der Waals surface area contributed by atoms with Crippen LogP contribution in [0.1, 0.15) is 68.9 Å². The van der Waals surface area contributed by atoms with Gasteiger partial charge in [-0.05, 0) is 32.3 Å². The second-order valence-corrected chi connectivity index (χ2v) is 7.29. The molecule has 1 N–H and O–H groups in total. The standard InChI is InChI=1S/C20H27N3O2/c1-14(2)23-20(25)17-11-7-6-10-16(17)18(22-23)19(24)21-13-12-15-8-4-3-5-9-15/h6-7,10-11,14-15H,3-5,8-9,12-13H2,1-2H3,(H,21,24). The molecule has 0 aliphatic heterocycles. The van der Waals surface area contributed by atoms with Crippen LogP contribution in [0.15, 0.2) is 29.1 Å². The van der Waals surface area contributed by atoms with Crippen molar-refractivity contribution in [2.45, 2.75) is 58.4 Å². The maximum absolute atomic E-state index is 12.7. The molecule has 134 valence electrons. The van der Waals surface area contributed by atoms with Gasteiger partial charge in [0, 0.05) is 11.9 Å². The normalized spacial score (nSPS) is 15.6.